The monoisotopic (exact) mass is 297 g/mol. The zero-order valence-electron chi connectivity index (χ0n) is 12.2. The van der Waals surface area contributed by atoms with Crippen LogP contribution in [0.1, 0.15) is 32.3 Å². The molecule has 0 bridgehead atoms. The van der Waals surface area contributed by atoms with Gasteiger partial charge < -0.3 is 10.6 Å². The van der Waals surface area contributed by atoms with Crippen molar-refractivity contribution < 1.29 is 14.1 Å². The highest BCUT2D eigenvalue weighted by molar-refractivity contribution is 5.76. The van der Waals surface area contributed by atoms with Crippen LogP contribution in [0.15, 0.2) is 18.2 Å². The van der Waals surface area contributed by atoms with E-state index in [9.17, 15) is 19.3 Å². The molecule has 1 atom stereocenters. The van der Waals surface area contributed by atoms with Gasteiger partial charge in [-0.3, -0.25) is 14.9 Å². The topological polar surface area (TPSA) is 84.3 Å². The average molecular weight is 297 g/mol. The lowest BCUT2D eigenvalue weighted by Crippen LogP contribution is -2.33. The summed E-state index contributed by atoms with van der Waals surface area (Å²) >= 11 is 0. The van der Waals surface area contributed by atoms with E-state index in [0.29, 0.717) is 25.1 Å². The fraction of sp³-hybridized carbons (Fsp3) is 0.500. The Kier molecular flexibility index (Phi) is 6.74. The molecule has 0 spiro atoms. The highest BCUT2D eigenvalue weighted by Gasteiger charge is 2.13. The number of nitro benzene ring substituents is 1. The molecule has 1 unspecified atom stereocenters. The Morgan fingerprint density at radius 3 is 2.76 bits per heavy atom. The molecule has 116 valence electrons. The van der Waals surface area contributed by atoms with Crippen LogP contribution in [0.4, 0.5) is 10.1 Å². The summed E-state index contributed by atoms with van der Waals surface area (Å²) in [5, 5.41) is 16.3. The summed E-state index contributed by atoms with van der Waals surface area (Å²) in [6.45, 7) is 4.74. The van der Waals surface area contributed by atoms with Gasteiger partial charge in [-0.15, -0.1) is 0 Å². The van der Waals surface area contributed by atoms with Crippen LogP contribution in [0.2, 0.25) is 0 Å². The van der Waals surface area contributed by atoms with Crippen molar-refractivity contribution in [3.05, 3.63) is 39.7 Å². The maximum Gasteiger partial charge on any atom is 0.304 e. The number of benzene rings is 1. The van der Waals surface area contributed by atoms with Gasteiger partial charge in [0.1, 0.15) is 0 Å². The molecule has 0 aliphatic rings. The molecule has 0 heterocycles. The molecule has 0 saturated heterocycles. The zero-order chi connectivity index (χ0) is 15.8. The normalized spacial score (nSPS) is 12.0. The highest BCUT2D eigenvalue weighted by atomic mass is 19.1. The van der Waals surface area contributed by atoms with Crippen LogP contribution in [0, 0.1) is 15.9 Å². The third kappa shape index (κ3) is 5.86. The van der Waals surface area contributed by atoms with E-state index < -0.39 is 16.4 Å². The Hall–Kier alpha value is -2.02. The summed E-state index contributed by atoms with van der Waals surface area (Å²) in [6.07, 6.45) is 1.21. The second kappa shape index (κ2) is 8.31. The first kappa shape index (κ1) is 17.0. The maximum absolute atomic E-state index is 13.4. The van der Waals surface area contributed by atoms with Crippen molar-refractivity contribution in [1.29, 1.82) is 0 Å². The third-order valence-electron chi connectivity index (χ3n) is 3.09. The van der Waals surface area contributed by atoms with Gasteiger partial charge in [-0.25, -0.2) is 0 Å². The van der Waals surface area contributed by atoms with Gasteiger partial charge in [0, 0.05) is 31.6 Å². The molecular formula is C14H20FN3O3. The van der Waals surface area contributed by atoms with Gasteiger partial charge in [0.25, 0.3) is 0 Å². The van der Waals surface area contributed by atoms with E-state index in [-0.39, 0.29) is 11.9 Å². The number of nitro groups is 1. The summed E-state index contributed by atoms with van der Waals surface area (Å²) in [5.41, 5.74) is 0.0621. The molecule has 0 aliphatic carbocycles. The molecule has 1 amide bonds. The third-order valence-corrected chi connectivity index (χ3v) is 3.09. The molecule has 1 aromatic rings. The molecule has 0 saturated carbocycles. The first-order valence-electron chi connectivity index (χ1n) is 6.87. The smallest absolute Gasteiger partial charge is 0.304 e. The Morgan fingerprint density at radius 1 is 1.48 bits per heavy atom. The van der Waals surface area contributed by atoms with Crippen molar-refractivity contribution in [2.75, 3.05) is 6.54 Å². The van der Waals surface area contributed by atoms with Crippen LogP contribution < -0.4 is 10.6 Å². The Labute approximate surface area is 122 Å². The van der Waals surface area contributed by atoms with E-state index in [1.165, 1.54) is 6.07 Å². The first-order chi connectivity index (χ1) is 9.93. The molecule has 2 N–H and O–H groups in total. The number of nitrogens with zero attached hydrogens (tertiary/aromatic N) is 1. The van der Waals surface area contributed by atoms with E-state index in [4.69, 9.17) is 0 Å². The largest absolute Gasteiger partial charge is 0.354 e. The molecule has 6 nitrogen and oxygen atoms in total. The fourth-order valence-electron chi connectivity index (χ4n) is 1.69. The van der Waals surface area contributed by atoms with E-state index in [1.807, 2.05) is 13.8 Å². The van der Waals surface area contributed by atoms with Gasteiger partial charge in [0.05, 0.1) is 4.92 Å². The van der Waals surface area contributed by atoms with Crippen LogP contribution in [-0.4, -0.2) is 23.4 Å². The summed E-state index contributed by atoms with van der Waals surface area (Å²) in [5.74, 6) is -0.888. The number of amides is 1. The summed E-state index contributed by atoms with van der Waals surface area (Å²) in [6, 6.07) is 3.92. The molecule has 0 aromatic heterocycles. The molecule has 0 aliphatic heterocycles. The average Bonchev–Trinajstić information content (AvgIpc) is 2.43. The highest BCUT2D eigenvalue weighted by Crippen LogP contribution is 2.17. The number of rotatable bonds is 8. The van der Waals surface area contributed by atoms with Gasteiger partial charge in [0.2, 0.25) is 11.7 Å². The van der Waals surface area contributed by atoms with Gasteiger partial charge in [-0.2, -0.15) is 4.39 Å². The van der Waals surface area contributed by atoms with Crippen molar-refractivity contribution >= 4 is 11.6 Å². The minimum atomic E-state index is -0.853. The molecule has 0 fully saturated rings. The van der Waals surface area contributed by atoms with Crippen LogP contribution in [0.5, 0.6) is 0 Å². The number of halogens is 1. The number of hydrogen-bond acceptors (Lipinski definition) is 4. The number of nitrogens with one attached hydrogen (secondary N) is 2. The number of carbonyl (C=O) groups excluding carboxylic acids is 1. The van der Waals surface area contributed by atoms with Crippen molar-refractivity contribution in [1.82, 2.24) is 10.6 Å². The lowest BCUT2D eigenvalue weighted by molar-refractivity contribution is -0.387. The standard InChI is InChI=1S/C14H20FN3O3/c1-3-10(2)17-14(19)6-7-16-9-11-4-5-13(18(20)21)12(15)8-11/h4-5,8,10,16H,3,6-7,9H2,1-2H3,(H,17,19). The van der Waals surface area contributed by atoms with Gasteiger partial charge in [-0.05, 0) is 25.0 Å². The molecule has 1 aromatic carbocycles. The van der Waals surface area contributed by atoms with Gasteiger partial charge >= 0.3 is 5.69 Å². The Bertz CT molecular complexity index is 508. The van der Waals surface area contributed by atoms with Crippen LogP contribution in [0.25, 0.3) is 0 Å². The molecule has 1 rings (SSSR count). The van der Waals surface area contributed by atoms with Crippen molar-refractivity contribution in [3.63, 3.8) is 0 Å². The van der Waals surface area contributed by atoms with E-state index in [0.717, 1.165) is 18.6 Å². The lowest BCUT2D eigenvalue weighted by Gasteiger charge is -2.11. The van der Waals surface area contributed by atoms with Crippen LogP contribution in [0.3, 0.4) is 0 Å². The number of hydrogen-bond donors (Lipinski definition) is 2. The maximum atomic E-state index is 13.4. The zero-order valence-corrected chi connectivity index (χ0v) is 12.2. The van der Waals surface area contributed by atoms with E-state index in [1.54, 1.807) is 0 Å². The van der Waals surface area contributed by atoms with E-state index in [2.05, 4.69) is 10.6 Å². The second-order valence-corrected chi connectivity index (χ2v) is 4.85. The Morgan fingerprint density at radius 2 is 2.19 bits per heavy atom. The predicted molar refractivity (Wildman–Crippen MR) is 77.3 cm³/mol. The molecule has 0 radical (unpaired) electrons. The molecular weight excluding hydrogens is 277 g/mol. The van der Waals surface area contributed by atoms with Crippen molar-refractivity contribution in [2.45, 2.75) is 39.3 Å². The summed E-state index contributed by atoms with van der Waals surface area (Å²) < 4.78 is 13.4. The first-order valence-corrected chi connectivity index (χ1v) is 6.87. The van der Waals surface area contributed by atoms with Crippen LogP contribution in [-0.2, 0) is 11.3 Å². The molecule has 21 heavy (non-hydrogen) atoms. The second-order valence-electron chi connectivity index (χ2n) is 4.85. The van der Waals surface area contributed by atoms with Gasteiger partial charge in [-0.1, -0.05) is 13.0 Å². The Balaban J connectivity index is 2.35. The summed E-state index contributed by atoms with van der Waals surface area (Å²) in [7, 11) is 0. The quantitative estimate of drug-likeness (QED) is 0.437. The SMILES string of the molecule is CCC(C)NC(=O)CCNCc1ccc([N+](=O)[O-])c(F)c1. The van der Waals surface area contributed by atoms with E-state index >= 15 is 0 Å². The fourth-order valence-corrected chi connectivity index (χ4v) is 1.69. The predicted octanol–water partition coefficient (Wildman–Crippen LogP) is 2.13. The van der Waals surface area contributed by atoms with Crippen LogP contribution >= 0.6 is 0 Å². The lowest BCUT2D eigenvalue weighted by atomic mass is 10.2. The minimum Gasteiger partial charge on any atom is -0.354 e. The molecule has 7 heteroatoms. The summed E-state index contributed by atoms with van der Waals surface area (Å²) in [4.78, 5) is 21.2. The number of carbonyl (C=O) groups is 1. The minimum absolute atomic E-state index is 0.0354. The van der Waals surface area contributed by atoms with Gasteiger partial charge in [0.15, 0.2) is 0 Å². The van der Waals surface area contributed by atoms with Crippen molar-refractivity contribution in [3.8, 4) is 0 Å². The van der Waals surface area contributed by atoms with Crippen molar-refractivity contribution in [2.24, 2.45) is 0 Å².